The lowest BCUT2D eigenvalue weighted by molar-refractivity contribution is 0.0486. The molecule has 0 saturated heterocycles. The van der Waals surface area contributed by atoms with Gasteiger partial charge in [0.25, 0.3) is 5.91 Å². The predicted octanol–water partition coefficient (Wildman–Crippen LogP) is 4.41. The summed E-state index contributed by atoms with van der Waals surface area (Å²) in [7, 11) is 0. The number of fused-ring (bicyclic) bond motifs is 4. The molecule has 8 rings (SSSR count). The van der Waals surface area contributed by atoms with Gasteiger partial charge in [-0.3, -0.25) is 4.79 Å². The molecule has 0 aliphatic carbocycles. The van der Waals surface area contributed by atoms with E-state index in [1.165, 1.54) is 33.3 Å². The maximum atomic E-state index is 13.7. The number of nitrogens with one attached hydrogen (secondary N) is 2. The van der Waals surface area contributed by atoms with Crippen molar-refractivity contribution in [1.82, 2.24) is 15.2 Å². The van der Waals surface area contributed by atoms with Crippen LogP contribution < -0.4 is 35.4 Å². The highest BCUT2D eigenvalue weighted by Crippen LogP contribution is 2.49. The zero-order valence-electron chi connectivity index (χ0n) is 33.7. The zero-order valence-corrected chi connectivity index (χ0v) is 34.6. The number of carboxylic acid groups (broad SMARTS) is 1. The number of ether oxygens (including phenoxy) is 4. The maximum absolute atomic E-state index is 13.7. The van der Waals surface area contributed by atoms with Gasteiger partial charge in [0.1, 0.15) is 24.6 Å². The number of thiol groups is 1. The number of hydrogen-bond donors (Lipinski definition) is 4. The van der Waals surface area contributed by atoms with Crippen LogP contribution in [0, 0.1) is 0 Å². The summed E-state index contributed by atoms with van der Waals surface area (Å²) < 4.78 is 25.8. The monoisotopic (exact) mass is 811 g/mol. The van der Waals surface area contributed by atoms with E-state index >= 15 is 0 Å². The summed E-state index contributed by atoms with van der Waals surface area (Å²) >= 11 is 4.42. The minimum absolute atomic E-state index is 0.152. The van der Waals surface area contributed by atoms with Crippen LogP contribution in [0.2, 0.25) is 0 Å². The minimum atomic E-state index is -1.04. The Morgan fingerprint density at radius 3 is 2.29 bits per heavy atom. The molecular formula is C45H55N4O8S+. The van der Waals surface area contributed by atoms with Crippen molar-refractivity contribution in [3.05, 3.63) is 85.4 Å². The first-order chi connectivity index (χ1) is 28.1. The van der Waals surface area contributed by atoms with E-state index in [4.69, 9.17) is 18.9 Å². The number of aromatic carboxylic acids is 1. The van der Waals surface area contributed by atoms with Crippen molar-refractivity contribution in [3.8, 4) is 11.5 Å². The highest BCUT2D eigenvalue weighted by molar-refractivity contribution is 7.81. The van der Waals surface area contributed by atoms with Crippen molar-refractivity contribution in [3.63, 3.8) is 0 Å². The molecule has 2 amide bonds. The largest absolute Gasteiger partial charge is 0.478 e. The van der Waals surface area contributed by atoms with Crippen molar-refractivity contribution in [2.45, 2.75) is 76.4 Å². The third-order valence-electron chi connectivity index (χ3n) is 11.8. The highest BCUT2D eigenvalue weighted by Gasteiger charge is 2.36. The molecule has 5 aliphatic heterocycles. The summed E-state index contributed by atoms with van der Waals surface area (Å²) in [6, 6.07) is 9.40. The Morgan fingerprint density at radius 1 is 0.828 bits per heavy atom. The average molecular weight is 812 g/mol. The molecule has 308 valence electrons. The van der Waals surface area contributed by atoms with Crippen LogP contribution in [0.4, 0.5) is 10.5 Å². The fraction of sp³-hybridized carbons (Fsp3) is 0.511. The van der Waals surface area contributed by atoms with Crippen LogP contribution in [0.5, 0.6) is 11.5 Å². The van der Waals surface area contributed by atoms with Gasteiger partial charge in [-0.2, -0.15) is 12.6 Å². The predicted molar refractivity (Wildman–Crippen MR) is 225 cm³/mol. The Labute approximate surface area is 345 Å². The summed E-state index contributed by atoms with van der Waals surface area (Å²) in [5.41, 5.74) is 9.11. The molecule has 3 aromatic rings. The molecular weight excluding hydrogens is 757 g/mol. The Bertz CT molecular complexity index is 2240. The molecule has 58 heavy (non-hydrogen) atoms. The molecule has 0 radical (unpaired) electrons. The summed E-state index contributed by atoms with van der Waals surface area (Å²) in [5.74, 6) is 0.327. The number of benzene rings is 3. The molecule has 5 aliphatic rings. The number of carbonyl (C=O) groups excluding carboxylic acids is 2. The van der Waals surface area contributed by atoms with E-state index in [1.54, 1.807) is 18.2 Å². The molecule has 12 nitrogen and oxygen atoms in total. The topological polar surface area (TPSA) is 139 Å². The highest BCUT2D eigenvalue weighted by atomic mass is 32.1. The van der Waals surface area contributed by atoms with Crippen molar-refractivity contribution < 1.29 is 38.4 Å². The fourth-order valence-electron chi connectivity index (χ4n) is 9.21. The van der Waals surface area contributed by atoms with Gasteiger partial charge in [-0.25, -0.2) is 14.2 Å². The molecule has 5 heterocycles. The molecule has 0 atom stereocenters. The number of aryl methyl sites for hydroxylation is 2. The van der Waals surface area contributed by atoms with Gasteiger partial charge in [-0.05, 0) is 86.4 Å². The smallest absolute Gasteiger partial charge is 0.407 e. The second kappa shape index (κ2) is 17.3. The number of hydrogen-bond acceptors (Lipinski definition) is 9. The number of amides is 2. The van der Waals surface area contributed by atoms with Gasteiger partial charge in [0, 0.05) is 82.5 Å². The maximum Gasteiger partial charge on any atom is 0.407 e. The molecule has 0 bridgehead atoms. The number of anilines is 1. The summed E-state index contributed by atoms with van der Waals surface area (Å²) in [4.78, 5) is 41.0. The number of carbonyl (C=O) groups is 3. The molecule has 3 N–H and O–H groups in total. The zero-order chi connectivity index (χ0) is 40.4. The molecule has 3 aromatic carbocycles. The van der Waals surface area contributed by atoms with E-state index in [-0.39, 0.29) is 29.4 Å². The van der Waals surface area contributed by atoms with Crippen molar-refractivity contribution in [2.24, 2.45) is 0 Å². The van der Waals surface area contributed by atoms with Crippen LogP contribution in [-0.4, -0.2) is 100 Å². The standard InChI is InChI=1S/C45H54N4O8S/c1-45(2,58)13-20-56-44(53)47-15-22-55-24-23-54-21-14-46-42(50)30-11-12-31(43(51)52)34(27-30)37-35-25-28-7-3-16-48-18-5-9-32(38(28)48)40(35)57-41-33-10-6-19-49-17-4-8-29(39(33)49)26-36(37)41/h11-12,25-27H,3-10,13-24H2,1-2H3,(H3-,46,47,50,51,52,53,58)/p+1. The van der Waals surface area contributed by atoms with E-state index in [2.05, 4.69) is 44.9 Å². The minimum Gasteiger partial charge on any atom is -0.478 e. The Hall–Kier alpha value is -4.59. The van der Waals surface area contributed by atoms with Crippen LogP contribution in [-0.2, 0) is 39.9 Å². The molecule has 0 unspecified atom stereocenters. The molecule has 0 spiro atoms. The first-order valence-corrected chi connectivity index (χ1v) is 21.4. The Balaban J connectivity index is 1.01. The van der Waals surface area contributed by atoms with Gasteiger partial charge in [0.15, 0.2) is 0 Å². The van der Waals surface area contributed by atoms with Gasteiger partial charge in [0.05, 0.1) is 44.2 Å². The third-order valence-corrected chi connectivity index (χ3v) is 12.1. The molecule has 0 aromatic heterocycles. The fourth-order valence-corrected chi connectivity index (χ4v) is 9.30. The van der Waals surface area contributed by atoms with E-state index in [0.29, 0.717) is 50.5 Å². The number of carboxylic acids is 1. The lowest BCUT2D eigenvalue weighted by Gasteiger charge is -2.39. The normalized spacial score (nSPS) is 16.4. The van der Waals surface area contributed by atoms with Gasteiger partial charge in [0.2, 0.25) is 5.36 Å². The van der Waals surface area contributed by atoms with Crippen molar-refractivity contribution in [1.29, 1.82) is 0 Å². The quantitative estimate of drug-likeness (QED) is 0.0782. The van der Waals surface area contributed by atoms with E-state index in [0.717, 1.165) is 105 Å². The molecule has 13 heteroatoms. The van der Waals surface area contributed by atoms with E-state index in [1.807, 2.05) is 13.8 Å². The summed E-state index contributed by atoms with van der Waals surface area (Å²) in [5, 5.41) is 18.5. The van der Waals surface area contributed by atoms with Crippen LogP contribution >= 0.6 is 12.6 Å². The molecule has 0 fully saturated rings. The van der Waals surface area contributed by atoms with E-state index < -0.39 is 12.1 Å². The van der Waals surface area contributed by atoms with Crippen LogP contribution in [0.1, 0.15) is 100 Å². The summed E-state index contributed by atoms with van der Waals surface area (Å²) in [6.45, 7) is 10.2. The number of nitrogens with zero attached hydrogens (tertiary/aromatic N) is 2. The SMILES string of the molecule is CC(C)(S)CCOC(=O)NCCOCCOCCNC(=O)c1ccc(C(=O)O)c(C2=c3cc4c5c(c3Oc3c2cc2c6c3CCCN6CCC2)CCC[N+]=5CCC4)c1. The second-order valence-electron chi connectivity index (χ2n) is 16.5. The number of alkyl carbamates (subject to hydrolysis) is 1. The lowest BCUT2D eigenvalue weighted by Crippen LogP contribution is -2.45. The summed E-state index contributed by atoms with van der Waals surface area (Å²) in [6.07, 6.45) is 8.12. The van der Waals surface area contributed by atoms with Crippen LogP contribution in [0.25, 0.3) is 5.57 Å². The number of rotatable bonds is 15. The Morgan fingerprint density at radius 2 is 1.53 bits per heavy atom. The average Bonchev–Trinajstić information content (AvgIpc) is 3.20. The van der Waals surface area contributed by atoms with Crippen molar-refractivity contribution >= 4 is 41.9 Å². The van der Waals surface area contributed by atoms with Crippen LogP contribution in [0.3, 0.4) is 0 Å². The molecule has 0 saturated carbocycles. The van der Waals surface area contributed by atoms with Gasteiger partial charge >= 0.3 is 12.1 Å². The van der Waals surface area contributed by atoms with Crippen LogP contribution in [0.15, 0.2) is 30.3 Å². The first kappa shape index (κ1) is 40.2. The van der Waals surface area contributed by atoms with Crippen molar-refractivity contribution in [2.75, 3.05) is 77.2 Å². The van der Waals surface area contributed by atoms with E-state index in [9.17, 15) is 19.5 Å². The lowest BCUT2D eigenvalue weighted by atomic mass is 9.81. The first-order valence-electron chi connectivity index (χ1n) is 20.9. The van der Waals surface area contributed by atoms with Gasteiger partial charge in [-0.15, -0.1) is 0 Å². The van der Waals surface area contributed by atoms with Gasteiger partial charge in [-0.1, -0.05) is 13.8 Å². The van der Waals surface area contributed by atoms with Gasteiger partial charge < -0.3 is 39.6 Å². The second-order valence-corrected chi connectivity index (χ2v) is 17.7. The third kappa shape index (κ3) is 8.44. The Kier molecular flexibility index (Phi) is 12.0.